The van der Waals surface area contributed by atoms with Crippen LogP contribution in [0.3, 0.4) is 0 Å². The van der Waals surface area contributed by atoms with Gasteiger partial charge in [-0.2, -0.15) is 5.10 Å². The van der Waals surface area contributed by atoms with Crippen molar-refractivity contribution >= 4 is 5.69 Å². The highest BCUT2D eigenvalue weighted by Crippen LogP contribution is 2.59. The van der Waals surface area contributed by atoms with E-state index in [-0.39, 0.29) is 0 Å². The molecule has 0 amide bonds. The molecular formula is C16H25N3. The van der Waals surface area contributed by atoms with Crippen molar-refractivity contribution in [2.75, 3.05) is 5.73 Å². The van der Waals surface area contributed by atoms with Crippen LogP contribution in [0, 0.1) is 29.6 Å². The van der Waals surface area contributed by atoms with Gasteiger partial charge in [-0.25, -0.2) is 0 Å². The zero-order chi connectivity index (χ0) is 13.1. The first-order chi connectivity index (χ1) is 9.13. The maximum Gasteiger partial charge on any atom is 0.0735 e. The predicted molar refractivity (Wildman–Crippen MR) is 76.6 cm³/mol. The largest absolute Gasteiger partial charge is 0.396 e. The van der Waals surface area contributed by atoms with E-state index in [0.717, 1.165) is 35.3 Å². The fourth-order valence-corrected chi connectivity index (χ4v) is 5.99. The van der Waals surface area contributed by atoms with Crippen LogP contribution in [0.4, 0.5) is 5.69 Å². The molecule has 0 aliphatic heterocycles. The van der Waals surface area contributed by atoms with Crippen LogP contribution in [0.15, 0.2) is 6.20 Å². The van der Waals surface area contributed by atoms with E-state index in [9.17, 15) is 0 Å². The van der Waals surface area contributed by atoms with Crippen LogP contribution in [-0.2, 0) is 7.05 Å². The Morgan fingerprint density at radius 3 is 2.21 bits per heavy atom. The van der Waals surface area contributed by atoms with Gasteiger partial charge in [-0.05, 0) is 61.7 Å². The Kier molecular flexibility index (Phi) is 2.49. The van der Waals surface area contributed by atoms with Crippen LogP contribution in [-0.4, -0.2) is 9.78 Å². The Balaban J connectivity index is 1.66. The third-order valence-electron chi connectivity index (χ3n) is 6.32. The van der Waals surface area contributed by atoms with E-state index in [0.29, 0.717) is 5.92 Å². The van der Waals surface area contributed by atoms with E-state index in [2.05, 4.69) is 12.0 Å². The van der Waals surface area contributed by atoms with Gasteiger partial charge in [0.15, 0.2) is 0 Å². The van der Waals surface area contributed by atoms with Gasteiger partial charge in [0.2, 0.25) is 0 Å². The van der Waals surface area contributed by atoms with Crippen LogP contribution >= 0.6 is 0 Å². The molecule has 4 aliphatic rings. The first-order valence-electron chi connectivity index (χ1n) is 7.90. The van der Waals surface area contributed by atoms with Crippen molar-refractivity contribution in [2.45, 2.75) is 44.9 Å². The lowest BCUT2D eigenvalue weighted by Gasteiger charge is -2.56. The third kappa shape index (κ3) is 1.66. The molecule has 0 spiro atoms. The maximum absolute atomic E-state index is 6.15. The van der Waals surface area contributed by atoms with Crippen molar-refractivity contribution in [2.24, 2.45) is 36.6 Å². The quantitative estimate of drug-likeness (QED) is 0.886. The second kappa shape index (κ2) is 4.00. The number of anilines is 1. The SMILES string of the molecule is CC(c1c(N)cnn1C)C1C2CC3CC(C2)CC1C3. The number of aryl methyl sites for hydroxylation is 1. The number of hydrogen-bond acceptors (Lipinski definition) is 2. The van der Waals surface area contributed by atoms with E-state index in [1.165, 1.54) is 37.8 Å². The molecular weight excluding hydrogens is 234 g/mol. The molecule has 1 aromatic heterocycles. The smallest absolute Gasteiger partial charge is 0.0735 e. The summed E-state index contributed by atoms with van der Waals surface area (Å²) >= 11 is 0. The first kappa shape index (κ1) is 11.8. The van der Waals surface area contributed by atoms with Gasteiger partial charge in [0.1, 0.15) is 0 Å². The van der Waals surface area contributed by atoms with Crippen molar-refractivity contribution in [3.8, 4) is 0 Å². The number of nitrogen functional groups attached to an aromatic ring is 1. The molecule has 0 radical (unpaired) electrons. The minimum Gasteiger partial charge on any atom is -0.396 e. The minimum atomic E-state index is 0.572. The van der Waals surface area contributed by atoms with Gasteiger partial charge in [-0.1, -0.05) is 6.92 Å². The summed E-state index contributed by atoms with van der Waals surface area (Å²) in [5, 5.41) is 4.34. The molecule has 1 unspecified atom stereocenters. The lowest BCUT2D eigenvalue weighted by atomic mass is 9.49. The highest BCUT2D eigenvalue weighted by Gasteiger charge is 2.50. The summed E-state index contributed by atoms with van der Waals surface area (Å²) in [6.07, 6.45) is 9.29. The van der Waals surface area contributed by atoms with Crippen molar-refractivity contribution in [1.82, 2.24) is 9.78 Å². The molecule has 0 saturated heterocycles. The van der Waals surface area contributed by atoms with E-state index in [1.54, 1.807) is 0 Å². The maximum atomic E-state index is 6.15. The topological polar surface area (TPSA) is 43.8 Å². The number of rotatable bonds is 2. The van der Waals surface area contributed by atoms with Crippen LogP contribution < -0.4 is 5.73 Å². The van der Waals surface area contributed by atoms with Crippen molar-refractivity contribution in [1.29, 1.82) is 0 Å². The zero-order valence-corrected chi connectivity index (χ0v) is 12.0. The summed E-state index contributed by atoms with van der Waals surface area (Å²) < 4.78 is 2.01. The van der Waals surface area contributed by atoms with Crippen molar-refractivity contribution < 1.29 is 0 Å². The first-order valence-corrected chi connectivity index (χ1v) is 7.90. The van der Waals surface area contributed by atoms with Gasteiger partial charge in [0.05, 0.1) is 17.6 Å². The third-order valence-corrected chi connectivity index (χ3v) is 6.32. The molecule has 4 fully saturated rings. The number of hydrogen-bond donors (Lipinski definition) is 1. The highest BCUT2D eigenvalue weighted by molar-refractivity contribution is 5.43. The molecule has 1 heterocycles. The van der Waals surface area contributed by atoms with Crippen LogP contribution in [0.25, 0.3) is 0 Å². The van der Waals surface area contributed by atoms with Crippen LogP contribution in [0.1, 0.15) is 50.6 Å². The van der Waals surface area contributed by atoms with Gasteiger partial charge in [-0.3, -0.25) is 4.68 Å². The predicted octanol–water partition coefficient (Wildman–Crippen LogP) is 3.18. The van der Waals surface area contributed by atoms with E-state index >= 15 is 0 Å². The molecule has 0 aromatic carbocycles. The van der Waals surface area contributed by atoms with Crippen LogP contribution in [0.2, 0.25) is 0 Å². The molecule has 104 valence electrons. The molecule has 2 N–H and O–H groups in total. The summed E-state index contributed by atoms with van der Waals surface area (Å²) in [4.78, 5) is 0. The Bertz CT molecular complexity index is 443. The van der Waals surface area contributed by atoms with Gasteiger partial charge >= 0.3 is 0 Å². The van der Waals surface area contributed by atoms with Gasteiger partial charge < -0.3 is 5.73 Å². The van der Waals surface area contributed by atoms with E-state index in [4.69, 9.17) is 5.73 Å². The molecule has 5 rings (SSSR count). The van der Waals surface area contributed by atoms with Crippen molar-refractivity contribution in [3.63, 3.8) is 0 Å². The minimum absolute atomic E-state index is 0.572. The molecule has 4 saturated carbocycles. The lowest BCUT2D eigenvalue weighted by Crippen LogP contribution is -2.47. The summed E-state index contributed by atoms with van der Waals surface area (Å²) in [6.45, 7) is 2.39. The monoisotopic (exact) mass is 259 g/mol. The average Bonchev–Trinajstić information content (AvgIpc) is 2.67. The molecule has 4 aliphatic carbocycles. The Labute approximate surface area is 115 Å². The second-order valence-electron chi connectivity index (χ2n) is 7.41. The summed E-state index contributed by atoms with van der Waals surface area (Å²) in [7, 11) is 2.04. The summed E-state index contributed by atoms with van der Waals surface area (Å²) in [5.41, 5.74) is 8.32. The van der Waals surface area contributed by atoms with E-state index < -0.39 is 0 Å². The number of nitrogens with two attached hydrogens (primary N) is 1. The molecule has 19 heavy (non-hydrogen) atoms. The zero-order valence-electron chi connectivity index (χ0n) is 12.0. The highest BCUT2D eigenvalue weighted by atomic mass is 15.3. The van der Waals surface area contributed by atoms with Gasteiger partial charge in [-0.15, -0.1) is 0 Å². The van der Waals surface area contributed by atoms with Crippen LogP contribution in [0.5, 0.6) is 0 Å². The lowest BCUT2D eigenvalue weighted by molar-refractivity contribution is -0.0463. The summed E-state index contributed by atoms with van der Waals surface area (Å²) in [5.74, 6) is 5.44. The Morgan fingerprint density at radius 2 is 1.74 bits per heavy atom. The molecule has 4 bridgehead atoms. The second-order valence-corrected chi connectivity index (χ2v) is 7.41. The molecule has 3 heteroatoms. The normalized spacial score (nSPS) is 41.7. The van der Waals surface area contributed by atoms with Gasteiger partial charge in [0.25, 0.3) is 0 Å². The van der Waals surface area contributed by atoms with Gasteiger partial charge in [0, 0.05) is 13.0 Å². The fraction of sp³-hybridized carbons (Fsp3) is 0.812. The summed E-state index contributed by atoms with van der Waals surface area (Å²) in [6, 6.07) is 0. The Hall–Kier alpha value is -0.990. The Morgan fingerprint density at radius 1 is 1.16 bits per heavy atom. The molecule has 3 nitrogen and oxygen atoms in total. The molecule has 1 atom stereocenters. The fourth-order valence-electron chi connectivity index (χ4n) is 5.99. The van der Waals surface area contributed by atoms with E-state index in [1.807, 2.05) is 17.9 Å². The standard InChI is InChI=1S/C16H25N3/c1-9(16-14(17)8-18-19(16)2)15-12-4-10-3-11(6-12)7-13(15)5-10/h8-13,15H,3-7,17H2,1-2H3. The molecule has 1 aromatic rings. The number of aromatic nitrogens is 2. The number of nitrogens with zero attached hydrogens (tertiary/aromatic N) is 2. The van der Waals surface area contributed by atoms with Crippen molar-refractivity contribution in [3.05, 3.63) is 11.9 Å². The average molecular weight is 259 g/mol.